The average Bonchev–Trinajstić information content (AvgIpc) is 3.00. The highest BCUT2D eigenvalue weighted by Gasteiger charge is 2.18. The topological polar surface area (TPSA) is 117 Å². The van der Waals surface area contributed by atoms with E-state index in [4.69, 9.17) is 23.2 Å². The number of carbonyl (C=O) groups is 2. The Morgan fingerprint density at radius 3 is 2.62 bits per heavy atom. The Bertz CT molecular complexity index is 1150. The molecule has 0 aliphatic carbocycles. The van der Waals surface area contributed by atoms with Gasteiger partial charge in [0.2, 0.25) is 5.91 Å². The zero-order chi connectivity index (χ0) is 23.1. The minimum absolute atomic E-state index is 0.000714. The number of benzene rings is 2. The van der Waals surface area contributed by atoms with E-state index in [0.717, 1.165) is 19.3 Å². The van der Waals surface area contributed by atoms with Gasteiger partial charge in [-0.25, -0.2) is 8.42 Å². The van der Waals surface area contributed by atoms with E-state index >= 15 is 0 Å². The Kier molecular flexibility index (Phi) is 8.11. The Hall–Kier alpha value is -2.62. The molecule has 0 radical (unpaired) electrons. The van der Waals surface area contributed by atoms with Crippen molar-refractivity contribution in [3.8, 4) is 0 Å². The first-order valence-electron chi connectivity index (χ1n) is 9.94. The van der Waals surface area contributed by atoms with Crippen molar-refractivity contribution in [2.75, 3.05) is 18.4 Å². The van der Waals surface area contributed by atoms with Gasteiger partial charge in [-0.15, -0.1) is 0 Å². The Balaban J connectivity index is 1.60. The monoisotopic (exact) mass is 496 g/mol. The zero-order valence-corrected chi connectivity index (χ0v) is 19.4. The van der Waals surface area contributed by atoms with Gasteiger partial charge >= 0.3 is 0 Å². The summed E-state index contributed by atoms with van der Waals surface area (Å²) in [6, 6.07) is 10.2. The Morgan fingerprint density at radius 1 is 1.03 bits per heavy atom. The summed E-state index contributed by atoms with van der Waals surface area (Å²) in [6.45, 7) is 0.269. The van der Waals surface area contributed by atoms with Crippen LogP contribution in [0.2, 0.25) is 10.0 Å². The van der Waals surface area contributed by atoms with Gasteiger partial charge in [-0.05, 0) is 49.2 Å². The summed E-state index contributed by atoms with van der Waals surface area (Å²) in [4.78, 5) is 28.7. The molecule has 3 N–H and O–H groups in total. The van der Waals surface area contributed by atoms with Gasteiger partial charge in [0.15, 0.2) is 0 Å². The summed E-state index contributed by atoms with van der Waals surface area (Å²) < 4.78 is 27.9. The van der Waals surface area contributed by atoms with E-state index in [1.165, 1.54) is 36.4 Å². The van der Waals surface area contributed by atoms with Gasteiger partial charge in [0.05, 0.1) is 22.0 Å². The van der Waals surface area contributed by atoms with Crippen LogP contribution in [0.25, 0.3) is 0 Å². The lowest BCUT2D eigenvalue weighted by Gasteiger charge is -2.12. The highest BCUT2D eigenvalue weighted by Crippen LogP contribution is 2.21. The van der Waals surface area contributed by atoms with Crippen LogP contribution in [0.15, 0.2) is 52.4 Å². The standard InChI is InChI=1S/C21H22Cl2N4O4S/c22-14-8-9-17(18(23)11-14)21(29)25-13-20(28)26-15-5-4-6-16(12-15)32(30,31)27-19-7-2-1-3-10-24-19/h4-6,8-9,11-12H,1-3,7,10,13H2,(H,24,27)(H,25,29)(H,26,28). The van der Waals surface area contributed by atoms with Gasteiger partial charge in [-0.1, -0.05) is 35.7 Å². The van der Waals surface area contributed by atoms with Crippen molar-refractivity contribution in [3.63, 3.8) is 0 Å². The van der Waals surface area contributed by atoms with Crippen LogP contribution in [0.4, 0.5) is 5.69 Å². The predicted octanol–water partition coefficient (Wildman–Crippen LogP) is 3.61. The highest BCUT2D eigenvalue weighted by molar-refractivity contribution is 7.90. The second-order valence-electron chi connectivity index (χ2n) is 7.13. The van der Waals surface area contributed by atoms with Gasteiger partial charge in [-0.2, -0.15) is 0 Å². The molecule has 1 aliphatic rings. The number of amides is 2. The number of halogens is 2. The summed E-state index contributed by atoms with van der Waals surface area (Å²) in [6.07, 6.45) is 3.40. The van der Waals surface area contributed by atoms with Crippen molar-refractivity contribution in [3.05, 3.63) is 58.1 Å². The smallest absolute Gasteiger partial charge is 0.262 e. The highest BCUT2D eigenvalue weighted by atomic mass is 35.5. The van der Waals surface area contributed by atoms with Gasteiger partial charge in [-0.3, -0.25) is 19.3 Å². The molecule has 11 heteroatoms. The molecule has 0 bridgehead atoms. The first-order valence-corrected chi connectivity index (χ1v) is 12.2. The first-order chi connectivity index (χ1) is 15.2. The van der Waals surface area contributed by atoms with Crippen molar-refractivity contribution in [2.24, 2.45) is 4.99 Å². The molecule has 0 fully saturated rings. The number of sulfonamides is 1. The molecule has 32 heavy (non-hydrogen) atoms. The van der Waals surface area contributed by atoms with Crippen LogP contribution < -0.4 is 15.4 Å². The van der Waals surface area contributed by atoms with Gasteiger partial charge in [0.25, 0.3) is 15.9 Å². The second kappa shape index (κ2) is 10.8. The molecule has 1 aliphatic heterocycles. The predicted molar refractivity (Wildman–Crippen MR) is 125 cm³/mol. The van der Waals surface area contributed by atoms with Crippen LogP contribution in [0, 0.1) is 0 Å². The molecule has 2 amide bonds. The molecule has 8 nitrogen and oxygen atoms in total. The number of hydrogen-bond donors (Lipinski definition) is 3. The van der Waals surface area contributed by atoms with Crippen LogP contribution in [0.3, 0.4) is 0 Å². The fourth-order valence-electron chi connectivity index (χ4n) is 3.05. The Morgan fingerprint density at radius 2 is 1.84 bits per heavy atom. The normalized spacial score (nSPS) is 14.1. The quantitative estimate of drug-likeness (QED) is 0.565. The minimum atomic E-state index is -3.83. The third-order valence-electron chi connectivity index (χ3n) is 4.64. The molecule has 0 saturated carbocycles. The van der Waals surface area contributed by atoms with Crippen molar-refractivity contribution in [1.82, 2.24) is 10.0 Å². The summed E-state index contributed by atoms with van der Waals surface area (Å²) in [5.74, 6) is -0.619. The van der Waals surface area contributed by atoms with Crippen LogP contribution in [-0.4, -0.2) is 39.2 Å². The number of rotatable bonds is 6. The summed E-state index contributed by atoms with van der Waals surface area (Å²) >= 11 is 11.8. The van der Waals surface area contributed by atoms with E-state index in [9.17, 15) is 18.0 Å². The van der Waals surface area contributed by atoms with E-state index < -0.39 is 21.8 Å². The SMILES string of the molecule is O=C(CNC(=O)c1ccc(Cl)cc1Cl)Nc1cccc(S(=O)(=O)NC2=NCCCCC2)c1. The molecule has 0 atom stereocenters. The first kappa shape index (κ1) is 24.0. The lowest BCUT2D eigenvalue weighted by atomic mass is 10.2. The third kappa shape index (κ3) is 6.69. The lowest BCUT2D eigenvalue weighted by molar-refractivity contribution is -0.115. The third-order valence-corrected chi connectivity index (χ3v) is 6.57. The second-order valence-corrected chi connectivity index (χ2v) is 9.65. The maximum absolute atomic E-state index is 12.7. The van der Waals surface area contributed by atoms with Crippen molar-refractivity contribution in [1.29, 1.82) is 0 Å². The largest absolute Gasteiger partial charge is 0.343 e. The molecular weight excluding hydrogens is 475 g/mol. The minimum Gasteiger partial charge on any atom is -0.343 e. The number of hydrogen-bond acceptors (Lipinski definition) is 5. The van der Waals surface area contributed by atoms with Crippen LogP contribution in [0.1, 0.15) is 36.0 Å². The zero-order valence-electron chi connectivity index (χ0n) is 17.0. The molecule has 0 spiro atoms. The maximum atomic E-state index is 12.7. The number of amidine groups is 1. The number of nitrogens with one attached hydrogen (secondary N) is 3. The maximum Gasteiger partial charge on any atom is 0.262 e. The molecule has 3 rings (SSSR count). The fourth-order valence-corrected chi connectivity index (χ4v) is 4.68. The van der Waals surface area contributed by atoms with E-state index in [0.29, 0.717) is 23.8 Å². The van der Waals surface area contributed by atoms with Crippen molar-refractivity contribution in [2.45, 2.75) is 30.6 Å². The molecule has 0 unspecified atom stereocenters. The van der Waals surface area contributed by atoms with E-state index in [1.54, 1.807) is 6.07 Å². The van der Waals surface area contributed by atoms with E-state index in [2.05, 4.69) is 20.3 Å². The number of nitrogens with zero attached hydrogens (tertiary/aromatic N) is 1. The molecule has 2 aromatic carbocycles. The average molecular weight is 497 g/mol. The molecule has 0 aromatic heterocycles. The molecule has 2 aromatic rings. The number of aliphatic imine (C=N–C) groups is 1. The van der Waals surface area contributed by atoms with E-state index in [-0.39, 0.29) is 27.7 Å². The van der Waals surface area contributed by atoms with Gasteiger partial charge in [0, 0.05) is 23.7 Å². The molecule has 0 saturated heterocycles. The molecule has 1 heterocycles. The fraction of sp³-hybridized carbons (Fsp3) is 0.286. The van der Waals surface area contributed by atoms with Crippen molar-refractivity contribution < 1.29 is 18.0 Å². The van der Waals surface area contributed by atoms with Crippen molar-refractivity contribution >= 4 is 56.6 Å². The van der Waals surface area contributed by atoms with Gasteiger partial charge in [0.1, 0.15) is 5.84 Å². The summed E-state index contributed by atoms with van der Waals surface area (Å²) in [5, 5.41) is 5.58. The van der Waals surface area contributed by atoms with Crippen LogP contribution in [0.5, 0.6) is 0 Å². The van der Waals surface area contributed by atoms with E-state index in [1.807, 2.05) is 0 Å². The van der Waals surface area contributed by atoms with Crippen LogP contribution >= 0.6 is 23.2 Å². The van der Waals surface area contributed by atoms with Gasteiger partial charge < -0.3 is 10.6 Å². The molecule has 170 valence electrons. The Labute approximate surface area is 196 Å². The number of carbonyl (C=O) groups excluding carboxylic acids is 2. The summed E-state index contributed by atoms with van der Waals surface area (Å²) in [7, 11) is -3.83. The lowest BCUT2D eigenvalue weighted by Crippen LogP contribution is -2.33. The summed E-state index contributed by atoms with van der Waals surface area (Å²) in [5.41, 5.74) is 0.462. The van der Waals surface area contributed by atoms with Crippen LogP contribution in [-0.2, 0) is 14.8 Å². The number of anilines is 1. The molecular formula is C21H22Cl2N4O4S.